The fourth-order valence-electron chi connectivity index (χ4n) is 3.43. The molecule has 1 fully saturated rings. The Labute approximate surface area is 177 Å². The molecule has 1 atom stereocenters. The van der Waals surface area contributed by atoms with E-state index in [1.807, 2.05) is 13.8 Å². The summed E-state index contributed by atoms with van der Waals surface area (Å²) in [4.78, 5) is 27.0. The van der Waals surface area contributed by atoms with Gasteiger partial charge in [-0.1, -0.05) is 24.6 Å². The highest BCUT2D eigenvalue weighted by Crippen LogP contribution is 2.22. The Kier molecular flexibility index (Phi) is 6.77. The molecule has 30 heavy (non-hydrogen) atoms. The summed E-state index contributed by atoms with van der Waals surface area (Å²) >= 11 is 0. The van der Waals surface area contributed by atoms with Crippen molar-refractivity contribution in [2.45, 2.75) is 44.0 Å². The Morgan fingerprint density at radius 2 is 1.73 bits per heavy atom. The maximum absolute atomic E-state index is 12.9. The highest BCUT2D eigenvalue weighted by atomic mass is 32.2. The second kappa shape index (κ2) is 9.30. The number of hydrogen-bond acceptors (Lipinski definition) is 4. The van der Waals surface area contributed by atoms with Gasteiger partial charge in [-0.15, -0.1) is 0 Å². The molecule has 8 heteroatoms. The first kappa shape index (κ1) is 21.8. The Bertz CT molecular complexity index is 1000. The van der Waals surface area contributed by atoms with Crippen LogP contribution in [0.15, 0.2) is 53.4 Å². The zero-order chi connectivity index (χ0) is 21.7. The Balaban J connectivity index is 1.69. The summed E-state index contributed by atoms with van der Waals surface area (Å²) < 4.78 is 27.6. The number of benzene rings is 2. The third kappa shape index (κ3) is 4.99. The molecule has 0 unspecified atom stereocenters. The van der Waals surface area contributed by atoms with Crippen molar-refractivity contribution < 1.29 is 18.0 Å². The zero-order valence-corrected chi connectivity index (χ0v) is 18.0. The van der Waals surface area contributed by atoms with E-state index >= 15 is 0 Å². The molecule has 0 aliphatic carbocycles. The third-order valence-electron chi connectivity index (χ3n) is 5.08. The summed E-state index contributed by atoms with van der Waals surface area (Å²) in [6, 6.07) is 12.4. The average Bonchev–Trinajstić information content (AvgIpc) is 3.22. The number of rotatable bonds is 7. The summed E-state index contributed by atoms with van der Waals surface area (Å²) in [6.45, 7) is 4.99. The molecule has 1 heterocycles. The molecule has 0 spiro atoms. The third-order valence-corrected chi connectivity index (χ3v) is 6.48. The molecule has 3 rings (SSSR count). The van der Waals surface area contributed by atoms with Gasteiger partial charge in [-0.05, 0) is 62.6 Å². The van der Waals surface area contributed by atoms with Crippen molar-refractivity contribution in [3.8, 4) is 0 Å². The molecule has 2 aromatic carbocycles. The van der Waals surface area contributed by atoms with Crippen LogP contribution in [0, 0.1) is 6.92 Å². The Morgan fingerprint density at radius 3 is 2.37 bits per heavy atom. The van der Waals surface area contributed by atoms with Crippen LogP contribution in [0.1, 0.15) is 42.1 Å². The molecule has 1 aliphatic heterocycles. The number of carbonyl (C=O) groups is 2. The van der Waals surface area contributed by atoms with Gasteiger partial charge in [0.25, 0.3) is 15.9 Å². The second-order valence-corrected chi connectivity index (χ2v) is 9.13. The van der Waals surface area contributed by atoms with E-state index in [2.05, 4.69) is 10.0 Å². The monoisotopic (exact) mass is 429 g/mol. The van der Waals surface area contributed by atoms with Crippen molar-refractivity contribution in [1.82, 2.24) is 10.2 Å². The van der Waals surface area contributed by atoms with Crippen molar-refractivity contribution in [3.05, 3.63) is 59.7 Å². The number of nitrogens with zero attached hydrogens (tertiary/aromatic N) is 1. The minimum absolute atomic E-state index is 0.120. The van der Waals surface area contributed by atoms with Gasteiger partial charge in [0.05, 0.1) is 4.90 Å². The molecule has 1 aliphatic rings. The summed E-state index contributed by atoms with van der Waals surface area (Å²) in [6.07, 6.45) is 2.27. The number of carbonyl (C=O) groups excluding carboxylic acids is 2. The average molecular weight is 430 g/mol. The van der Waals surface area contributed by atoms with Crippen molar-refractivity contribution in [3.63, 3.8) is 0 Å². The summed E-state index contributed by atoms with van der Waals surface area (Å²) in [5, 5.41) is 2.85. The topological polar surface area (TPSA) is 95.6 Å². The van der Waals surface area contributed by atoms with E-state index in [9.17, 15) is 18.0 Å². The lowest BCUT2D eigenvalue weighted by molar-refractivity contribution is -0.124. The molecule has 2 aromatic rings. The van der Waals surface area contributed by atoms with Gasteiger partial charge in [-0.2, -0.15) is 0 Å². The van der Waals surface area contributed by atoms with Crippen LogP contribution in [-0.4, -0.2) is 44.3 Å². The van der Waals surface area contributed by atoms with Gasteiger partial charge in [0, 0.05) is 24.3 Å². The van der Waals surface area contributed by atoms with Gasteiger partial charge in [0.2, 0.25) is 5.91 Å². The number of aryl methyl sites for hydroxylation is 1. The van der Waals surface area contributed by atoms with Crippen molar-refractivity contribution in [2.24, 2.45) is 0 Å². The lowest BCUT2D eigenvalue weighted by Gasteiger charge is -2.24. The van der Waals surface area contributed by atoms with Crippen LogP contribution >= 0.6 is 0 Å². The van der Waals surface area contributed by atoms with Crippen molar-refractivity contribution in [2.75, 3.05) is 17.8 Å². The summed E-state index contributed by atoms with van der Waals surface area (Å²) in [5.74, 6) is -0.345. The van der Waals surface area contributed by atoms with E-state index in [0.29, 0.717) is 30.8 Å². The Hall–Kier alpha value is -2.87. The highest BCUT2D eigenvalue weighted by Gasteiger charge is 2.34. The van der Waals surface area contributed by atoms with Crippen LogP contribution in [0.2, 0.25) is 0 Å². The maximum Gasteiger partial charge on any atom is 0.261 e. The normalized spacial score (nSPS) is 16.3. The molecule has 2 N–H and O–H groups in total. The molecule has 0 bridgehead atoms. The minimum Gasteiger partial charge on any atom is -0.354 e. The van der Waals surface area contributed by atoms with Crippen LogP contribution in [0.4, 0.5) is 5.69 Å². The van der Waals surface area contributed by atoms with E-state index in [1.54, 1.807) is 53.4 Å². The van der Waals surface area contributed by atoms with E-state index in [-0.39, 0.29) is 16.7 Å². The SMILES string of the molecule is CCCNC(=O)[C@@H]1CCCN1C(=O)c1ccc(NS(=O)(=O)c2ccc(C)cc2)cc1. The number of sulfonamides is 1. The highest BCUT2D eigenvalue weighted by molar-refractivity contribution is 7.92. The molecule has 0 aromatic heterocycles. The first-order valence-electron chi connectivity index (χ1n) is 10.1. The second-order valence-electron chi connectivity index (χ2n) is 7.44. The van der Waals surface area contributed by atoms with Crippen LogP contribution in [0.5, 0.6) is 0 Å². The van der Waals surface area contributed by atoms with E-state index in [1.165, 1.54) is 0 Å². The minimum atomic E-state index is -3.71. The number of nitrogens with one attached hydrogen (secondary N) is 2. The van der Waals surface area contributed by atoms with Gasteiger partial charge >= 0.3 is 0 Å². The Morgan fingerprint density at radius 1 is 1.07 bits per heavy atom. The first-order valence-corrected chi connectivity index (χ1v) is 11.6. The smallest absolute Gasteiger partial charge is 0.261 e. The van der Waals surface area contributed by atoms with Gasteiger partial charge in [-0.25, -0.2) is 8.42 Å². The van der Waals surface area contributed by atoms with E-state index < -0.39 is 16.1 Å². The van der Waals surface area contributed by atoms with Crippen LogP contribution in [-0.2, 0) is 14.8 Å². The molecular weight excluding hydrogens is 402 g/mol. The van der Waals surface area contributed by atoms with Crippen molar-refractivity contribution in [1.29, 1.82) is 0 Å². The standard InChI is InChI=1S/C22H27N3O4S/c1-3-14-23-21(26)20-5-4-15-25(20)22(27)17-8-10-18(11-9-17)24-30(28,29)19-12-6-16(2)7-13-19/h6-13,20,24H,3-5,14-15H2,1-2H3,(H,23,26)/t20-/m0/s1. The van der Waals surface area contributed by atoms with Crippen LogP contribution in [0.3, 0.4) is 0 Å². The van der Waals surface area contributed by atoms with Crippen LogP contribution in [0.25, 0.3) is 0 Å². The molecule has 1 saturated heterocycles. The predicted molar refractivity (Wildman–Crippen MR) is 116 cm³/mol. The first-order chi connectivity index (χ1) is 14.3. The number of likely N-dealkylation sites (tertiary alicyclic amines) is 1. The number of anilines is 1. The molecule has 7 nitrogen and oxygen atoms in total. The molecule has 0 saturated carbocycles. The largest absolute Gasteiger partial charge is 0.354 e. The fraction of sp³-hybridized carbons (Fsp3) is 0.364. The number of hydrogen-bond donors (Lipinski definition) is 2. The van der Waals surface area contributed by atoms with E-state index in [4.69, 9.17) is 0 Å². The fourth-order valence-corrected chi connectivity index (χ4v) is 4.49. The summed E-state index contributed by atoms with van der Waals surface area (Å²) in [5.41, 5.74) is 1.76. The van der Waals surface area contributed by atoms with Crippen molar-refractivity contribution >= 4 is 27.5 Å². The van der Waals surface area contributed by atoms with Gasteiger partial charge in [0.15, 0.2) is 0 Å². The lowest BCUT2D eigenvalue weighted by atomic mass is 10.1. The maximum atomic E-state index is 12.9. The quantitative estimate of drug-likeness (QED) is 0.707. The van der Waals surface area contributed by atoms with Gasteiger partial charge in [-0.3, -0.25) is 14.3 Å². The molecular formula is C22H27N3O4S. The zero-order valence-electron chi connectivity index (χ0n) is 17.2. The summed E-state index contributed by atoms with van der Waals surface area (Å²) in [7, 11) is -3.71. The molecule has 2 amide bonds. The lowest BCUT2D eigenvalue weighted by Crippen LogP contribution is -2.46. The number of amides is 2. The molecule has 160 valence electrons. The predicted octanol–water partition coefficient (Wildman–Crippen LogP) is 2.93. The van der Waals surface area contributed by atoms with E-state index in [0.717, 1.165) is 18.4 Å². The molecule has 0 radical (unpaired) electrons. The van der Waals surface area contributed by atoms with Gasteiger partial charge in [0.1, 0.15) is 6.04 Å². The van der Waals surface area contributed by atoms with Crippen LogP contribution < -0.4 is 10.0 Å². The van der Waals surface area contributed by atoms with Gasteiger partial charge < -0.3 is 10.2 Å².